The van der Waals surface area contributed by atoms with Gasteiger partial charge in [0.05, 0.1) is 30.1 Å². The van der Waals surface area contributed by atoms with E-state index in [1.54, 1.807) is 24.3 Å². The molecule has 0 heterocycles. The Morgan fingerprint density at radius 3 is 2.59 bits per heavy atom. The Balaban J connectivity index is 2.46. The molecule has 0 N–H and O–H groups in total. The molecule has 0 unspecified atom stereocenters. The van der Waals surface area contributed by atoms with Crippen molar-refractivity contribution < 1.29 is 12.8 Å². The van der Waals surface area contributed by atoms with E-state index in [2.05, 4.69) is 15.9 Å². The van der Waals surface area contributed by atoms with Crippen molar-refractivity contribution in [3.05, 3.63) is 63.9 Å². The number of benzene rings is 2. The average molecular weight is 383 g/mol. The summed E-state index contributed by atoms with van der Waals surface area (Å²) in [6.45, 7) is -0.146. The van der Waals surface area contributed by atoms with Crippen LogP contribution in [0.15, 0.2) is 46.9 Å². The van der Waals surface area contributed by atoms with Crippen molar-refractivity contribution in [3.8, 4) is 6.07 Å². The molecule has 0 saturated heterocycles. The molecule has 0 aliphatic rings. The Morgan fingerprint density at radius 2 is 2.00 bits per heavy atom. The number of anilines is 1. The number of halogens is 2. The van der Waals surface area contributed by atoms with Gasteiger partial charge in [0.1, 0.15) is 5.82 Å². The summed E-state index contributed by atoms with van der Waals surface area (Å²) in [5.41, 5.74) is 0.905. The van der Waals surface area contributed by atoms with E-state index >= 15 is 0 Å². The average Bonchev–Trinajstić information content (AvgIpc) is 2.45. The number of hydrogen-bond acceptors (Lipinski definition) is 3. The van der Waals surface area contributed by atoms with Crippen molar-refractivity contribution in [2.75, 3.05) is 10.6 Å². The molecule has 0 fully saturated rings. The van der Waals surface area contributed by atoms with E-state index in [-0.39, 0.29) is 12.1 Å². The molecule has 7 heteroatoms. The predicted octanol–water partition coefficient (Wildman–Crippen LogP) is 3.43. The van der Waals surface area contributed by atoms with Crippen molar-refractivity contribution in [1.29, 1.82) is 5.26 Å². The second-order valence-electron chi connectivity index (χ2n) is 4.67. The fourth-order valence-corrected chi connectivity index (χ4v) is 3.14. The summed E-state index contributed by atoms with van der Waals surface area (Å²) in [6.07, 6.45) is 1.04. The summed E-state index contributed by atoms with van der Waals surface area (Å²) < 4.78 is 39.7. The number of hydrogen-bond donors (Lipinski definition) is 0. The van der Waals surface area contributed by atoms with E-state index in [4.69, 9.17) is 5.26 Å². The highest BCUT2D eigenvalue weighted by molar-refractivity contribution is 9.10. The van der Waals surface area contributed by atoms with E-state index in [0.29, 0.717) is 15.7 Å². The minimum absolute atomic E-state index is 0.146. The van der Waals surface area contributed by atoms with Crippen LogP contribution in [0.5, 0.6) is 0 Å². The summed E-state index contributed by atoms with van der Waals surface area (Å²) in [5.74, 6) is -0.500. The Bertz CT molecular complexity index is 847. The fraction of sp³-hybridized carbons (Fsp3) is 0.133. The van der Waals surface area contributed by atoms with Crippen molar-refractivity contribution in [1.82, 2.24) is 0 Å². The Hall–Kier alpha value is -1.91. The van der Waals surface area contributed by atoms with Gasteiger partial charge in [-0.1, -0.05) is 28.1 Å². The molecule has 0 aliphatic carbocycles. The minimum Gasteiger partial charge on any atom is -0.266 e. The maximum atomic E-state index is 14.0. The Kier molecular flexibility index (Phi) is 4.84. The SMILES string of the molecule is CS(=O)(=O)N(Cc1ccc(Br)cc1F)c1cccc(C#N)c1. The molecule has 0 bridgehead atoms. The lowest BCUT2D eigenvalue weighted by Gasteiger charge is -2.23. The monoisotopic (exact) mass is 382 g/mol. The zero-order valence-corrected chi connectivity index (χ0v) is 14.0. The van der Waals surface area contributed by atoms with Crippen LogP contribution in [0.2, 0.25) is 0 Å². The van der Waals surface area contributed by atoms with Gasteiger partial charge in [0.2, 0.25) is 10.0 Å². The lowest BCUT2D eigenvalue weighted by Crippen LogP contribution is -2.29. The molecule has 0 aromatic heterocycles. The summed E-state index contributed by atoms with van der Waals surface area (Å²) in [7, 11) is -3.62. The molecule has 0 saturated carbocycles. The molecule has 2 aromatic carbocycles. The highest BCUT2D eigenvalue weighted by Gasteiger charge is 2.20. The van der Waals surface area contributed by atoms with Crippen LogP contribution in [0.1, 0.15) is 11.1 Å². The van der Waals surface area contributed by atoms with E-state index in [1.165, 1.54) is 18.2 Å². The molecule has 2 aromatic rings. The summed E-state index contributed by atoms with van der Waals surface area (Å²) >= 11 is 3.16. The van der Waals surface area contributed by atoms with Gasteiger partial charge in [-0.3, -0.25) is 4.31 Å². The highest BCUT2D eigenvalue weighted by Crippen LogP contribution is 2.24. The van der Waals surface area contributed by atoms with E-state index in [0.717, 1.165) is 10.6 Å². The molecule has 2 rings (SSSR count). The zero-order chi connectivity index (χ0) is 16.3. The lowest BCUT2D eigenvalue weighted by atomic mass is 10.2. The molecule has 22 heavy (non-hydrogen) atoms. The van der Waals surface area contributed by atoms with Crippen LogP contribution in [0.4, 0.5) is 10.1 Å². The molecule has 0 amide bonds. The Morgan fingerprint density at radius 1 is 1.27 bits per heavy atom. The summed E-state index contributed by atoms with van der Waals surface area (Å²) in [4.78, 5) is 0. The molecule has 4 nitrogen and oxygen atoms in total. The molecule has 0 radical (unpaired) electrons. The maximum Gasteiger partial charge on any atom is 0.232 e. The van der Waals surface area contributed by atoms with Gasteiger partial charge in [-0.25, -0.2) is 12.8 Å². The third kappa shape index (κ3) is 3.84. The second kappa shape index (κ2) is 6.46. The first kappa shape index (κ1) is 16.5. The van der Waals surface area contributed by atoms with Gasteiger partial charge in [0.25, 0.3) is 0 Å². The Labute approximate surface area is 137 Å². The summed E-state index contributed by atoms with van der Waals surface area (Å²) in [5, 5.41) is 8.93. The van der Waals surface area contributed by atoms with Gasteiger partial charge in [-0.15, -0.1) is 0 Å². The van der Waals surface area contributed by atoms with E-state index in [9.17, 15) is 12.8 Å². The summed E-state index contributed by atoms with van der Waals surface area (Å²) in [6, 6.07) is 12.6. The smallest absolute Gasteiger partial charge is 0.232 e. The van der Waals surface area contributed by atoms with E-state index < -0.39 is 15.8 Å². The largest absolute Gasteiger partial charge is 0.266 e. The molecular weight excluding hydrogens is 371 g/mol. The van der Waals surface area contributed by atoms with Crippen molar-refractivity contribution in [3.63, 3.8) is 0 Å². The third-order valence-corrected chi connectivity index (χ3v) is 4.63. The van der Waals surface area contributed by atoms with Crippen molar-refractivity contribution in [2.45, 2.75) is 6.54 Å². The van der Waals surface area contributed by atoms with Crippen molar-refractivity contribution in [2.24, 2.45) is 0 Å². The van der Waals surface area contributed by atoms with Crippen LogP contribution < -0.4 is 4.31 Å². The zero-order valence-electron chi connectivity index (χ0n) is 11.6. The van der Waals surface area contributed by atoms with Gasteiger partial charge in [0.15, 0.2) is 0 Å². The molecule has 0 spiro atoms. The number of nitriles is 1. The maximum absolute atomic E-state index is 14.0. The second-order valence-corrected chi connectivity index (χ2v) is 7.49. The quantitative estimate of drug-likeness (QED) is 0.813. The molecule has 0 aliphatic heterocycles. The van der Waals surface area contributed by atoms with Crippen LogP contribution in [0.3, 0.4) is 0 Å². The first-order valence-corrected chi connectivity index (χ1v) is 8.87. The van der Waals surface area contributed by atoms with Crippen LogP contribution in [0.25, 0.3) is 0 Å². The minimum atomic E-state index is -3.62. The van der Waals surface area contributed by atoms with Crippen LogP contribution in [-0.4, -0.2) is 14.7 Å². The topological polar surface area (TPSA) is 61.2 Å². The molecule has 0 atom stereocenters. The first-order valence-electron chi connectivity index (χ1n) is 6.23. The normalized spacial score (nSPS) is 11.0. The van der Waals surface area contributed by atoms with Gasteiger partial charge in [-0.2, -0.15) is 5.26 Å². The highest BCUT2D eigenvalue weighted by atomic mass is 79.9. The van der Waals surface area contributed by atoms with Crippen LogP contribution >= 0.6 is 15.9 Å². The first-order chi connectivity index (χ1) is 10.3. The number of rotatable bonds is 4. The van der Waals surface area contributed by atoms with Crippen LogP contribution in [-0.2, 0) is 16.6 Å². The number of sulfonamides is 1. The molecule has 114 valence electrons. The van der Waals surface area contributed by atoms with Gasteiger partial charge in [-0.05, 0) is 30.3 Å². The van der Waals surface area contributed by atoms with Gasteiger partial charge < -0.3 is 0 Å². The lowest BCUT2D eigenvalue weighted by molar-refractivity contribution is 0.590. The number of nitrogens with zero attached hydrogens (tertiary/aromatic N) is 2. The fourth-order valence-electron chi connectivity index (χ4n) is 1.94. The predicted molar refractivity (Wildman–Crippen MR) is 86.3 cm³/mol. The van der Waals surface area contributed by atoms with Gasteiger partial charge in [0, 0.05) is 10.0 Å². The third-order valence-electron chi connectivity index (χ3n) is 2.99. The molecular formula is C15H12BrFN2O2S. The van der Waals surface area contributed by atoms with Crippen molar-refractivity contribution >= 4 is 31.6 Å². The van der Waals surface area contributed by atoms with Gasteiger partial charge >= 0.3 is 0 Å². The van der Waals surface area contributed by atoms with Crippen LogP contribution in [0, 0.1) is 17.1 Å². The van der Waals surface area contributed by atoms with E-state index in [1.807, 2.05) is 6.07 Å². The standard InChI is InChI=1S/C15H12BrFN2O2S/c1-22(20,21)19(14-4-2-3-11(7-14)9-18)10-12-5-6-13(16)8-15(12)17/h2-8H,10H2,1H3.